The lowest BCUT2D eigenvalue weighted by Crippen LogP contribution is -2.29. The number of anilines is 2. The Hall–Kier alpha value is -4.52. The highest BCUT2D eigenvalue weighted by molar-refractivity contribution is 7.80. The average Bonchev–Trinajstić information content (AvgIpc) is 3.59. The van der Waals surface area contributed by atoms with Crippen LogP contribution in [-0.2, 0) is 9.53 Å². The summed E-state index contributed by atoms with van der Waals surface area (Å²) in [4.78, 5) is 29.2. The van der Waals surface area contributed by atoms with Gasteiger partial charge in [0.1, 0.15) is 29.9 Å². The maximum absolute atomic E-state index is 12.0. The Morgan fingerprint density at radius 2 is 2.02 bits per heavy atom. The number of nitrogens with one attached hydrogen (secondary N) is 2. The first-order valence-corrected chi connectivity index (χ1v) is 13.1. The van der Waals surface area contributed by atoms with E-state index in [1.54, 1.807) is 36.5 Å². The highest BCUT2D eigenvalue weighted by Crippen LogP contribution is 2.45. The van der Waals surface area contributed by atoms with Gasteiger partial charge in [0.05, 0.1) is 46.1 Å². The number of nitro groups is 1. The van der Waals surface area contributed by atoms with Gasteiger partial charge in [0.25, 0.3) is 5.69 Å². The zero-order valence-electron chi connectivity index (χ0n) is 21.9. The normalized spacial score (nSPS) is 16.4. The van der Waals surface area contributed by atoms with Gasteiger partial charge < -0.3 is 29.4 Å². The minimum absolute atomic E-state index is 0.0946. The number of carbonyl (C=O) groups is 1. The number of benzene rings is 2. The third-order valence-corrected chi connectivity index (χ3v) is 7.09. The molecule has 0 spiro atoms. The van der Waals surface area contributed by atoms with Gasteiger partial charge >= 0.3 is 0 Å². The van der Waals surface area contributed by atoms with Gasteiger partial charge in [-0.1, -0.05) is 17.7 Å². The predicted octanol–water partition coefficient (Wildman–Crippen LogP) is 5.67. The fourth-order valence-corrected chi connectivity index (χ4v) is 5.22. The number of carbonyl (C=O) groups excluding carboxylic acids is 1. The summed E-state index contributed by atoms with van der Waals surface area (Å²) in [7, 11) is 2.87. The van der Waals surface area contributed by atoms with E-state index in [1.807, 2.05) is 29.2 Å². The Morgan fingerprint density at radius 1 is 1.20 bits per heavy atom. The first kappa shape index (κ1) is 28.0. The van der Waals surface area contributed by atoms with Gasteiger partial charge in [-0.05, 0) is 60.7 Å². The van der Waals surface area contributed by atoms with E-state index in [4.69, 9.17) is 37.7 Å². The number of pyridine rings is 1. The van der Waals surface area contributed by atoms with Gasteiger partial charge in [0.2, 0.25) is 5.91 Å². The summed E-state index contributed by atoms with van der Waals surface area (Å²) in [6.07, 6.45) is 1.70. The van der Waals surface area contributed by atoms with Crippen LogP contribution in [0.3, 0.4) is 0 Å². The Labute approximate surface area is 245 Å². The number of methoxy groups -OCH3 is 2. The zero-order valence-corrected chi connectivity index (χ0v) is 23.4. The summed E-state index contributed by atoms with van der Waals surface area (Å²) >= 11 is 12.3. The largest absolute Gasteiger partial charge is 0.496 e. The number of furan rings is 1. The lowest BCUT2D eigenvalue weighted by atomic mass is 10.0. The molecule has 1 aliphatic rings. The molecule has 2 aromatic heterocycles. The minimum Gasteiger partial charge on any atom is -0.496 e. The molecule has 2 N–H and O–H groups in total. The summed E-state index contributed by atoms with van der Waals surface area (Å²) < 4.78 is 16.7. The van der Waals surface area contributed by atoms with Crippen molar-refractivity contribution in [1.82, 2.24) is 10.3 Å². The molecule has 2 atom stereocenters. The fraction of sp³-hybridized carbons (Fsp3) is 0.179. The molecule has 0 unspecified atom stereocenters. The Bertz CT molecular complexity index is 1610. The zero-order chi connectivity index (χ0) is 29.1. The number of nitrogens with zero attached hydrogens (tertiary/aromatic N) is 3. The molecular weight excluding hydrogens is 570 g/mol. The van der Waals surface area contributed by atoms with E-state index in [2.05, 4.69) is 15.6 Å². The molecular formula is C28H24ClN5O6S. The third kappa shape index (κ3) is 5.71. The van der Waals surface area contributed by atoms with Crippen LogP contribution in [0.2, 0.25) is 5.02 Å². The van der Waals surface area contributed by atoms with Crippen LogP contribution in [0.4, 0.5) is 17.1 Å². The topological polar surface area (TPSA) is 132 Å². The summed E-state index contributed by atoms with van der Waals surface area (Å²) in [5.41, 5.74) is 2.29. The second kappa shape index (κ2) is 11.9. The van der Waals surface area contributed by atoms with Crippen molar-refractivity contribution in [3.63, 3.8) is 0 Å². The van der Waals surface area contributed by atoms with Crippen molar-refractivity contribution >= 4 is 51.9 Å². The molecule has 41 heavy (non-hydrogen) atoms. The van der Waals surface area contributed by atoms with Gasteiger partial charge in [-0.3, -0.25) is 19.9 Å². The predicted molar refractivity (Wildman–Crippen MR) is 157 cm³/mol. The van der Waals surface area contributed by atoms with Crippen molar-refractivity contribution in [2.45, 2.75) is 12.1 Å². The van der Waals surface area contributed by atoms with Crippen molar-refractivity contribution < 1.29 is 23.6 Å². The average molecular weight is 594 g/mol. The molecule has 5 rings (SSSR count). The van der Waals surface area contributed by atoms with Crippen molar-refractivity contribution in [2.75, 3.05) is 31.0 Å². The molecule has 1 aliphatic heterocycles. The van der Waals surface area contributed by atoms with Crippen LogP contribution in [0.25, 0.3) is 11.3 Å². The summed E-state index contributed by atoms with van der Waals surface area (Å²) in [6, 6.07) is 17.8. The number of nitro benzene ring substituents is 1. The van der Waals surface area contributed by atoms with Crippen molar-refractivity contribution in [3.8, 4) is 17.1 Å². The minimum atomic E-state index is -0.486. The van der Waals surface area contributed by atoms with Crippen LogP contribution < -0.4 is 20.3 Å². The molecule has 0 aliphatic carbocycles. The van der Waals surface area contributed by atoms with E-state index < -0.39 is 11.0 Å². The second-order valence-electron chi connectivity index (χ2n) is 8.99. The first-order valence-electron chi connectivity index (χ1n) is 12.3. The second-order valence-corrected chi connectivity index (χ2v) is 9.78. The molecule has 13 heteroatoms. The van der Waals surface area contributed by atoms with Gasteiger partial charge in [-0.2, -0.15) is 0 Å². The van der Waals surface area contributed by atoms with E-state index in [1.165, 1.54) is 26.4 Å². The summed E-state index contributed by atoms with van der Waals surface area (Å²) in [5, 5.41) is 18.0. The number of ether oxygens (including phenoxy) is 2. The number of non-ortho nitro benzene ring substituents is 1. The van der Waals surface area contributed by atoms with Crippen molar-refractivity contribution in [1.29, 1.82) is 0 Å². The molecule has 1 amide bonds. The third-order valence-electron chi connectivity index (χ3n) is 6.46. The molecule has 11 nitrogen and oxygen atoms in total. The van der Waals surface area contributed by atoms with Crippen LogP contribution in [0.15, 0.2) is 77.3 Å². The van der Waals surface area contributed by atoms with E-state index in [9.17, 15) is 14.9 Å². The Kier molecular flexibility index (Phi) is 8.15. The van der Waals surface area contributed by atoms with Gasteiger partial charge in [0.15, 0.2) is 5.11 Å². The van der Waals surface area contributed by atoms with E-state index in [-0.39, 0.29) is 24.2 Å². The maximum Gasteiger partial charge on any atom is 0.273 e. The van der Waals surface area contributed by atoms with E-state index in [0.29, 0.717) is 44.3 Å². The van der Waals surface area contributed by atoms with Crippen LogP contribution in [0, 0.1) is 10.1 Å². The van der Waals surface area contributed by atoms with Crippen molar-refractivity contribution in [3.05, 3.63) is 99.5 Å². The first-order chi connectivity index (χ1) is 19.8. The quantitative estimate of drug-likeness (QED) is 0.142. The highest BCUT2D eigenvalue weighted by atomic mass is 35.5. The smallest absolute Gasteiger partial charge is 0.273 e. The van der Waals surface area contributed by atoms with E-state index >= 15 is 0 Å². The standard InChI is InChI=1S/C28H24ClN5O6S/c1-38-15-25(35)31-20-9-7-16(13-19(20)29)33-27(26(32-28(33)41)21-5-3-4-12-30-21)23-11-10-22(40-23)18-8-6-17(34(36)37)14-24(18)39-2/h3-14,26-27H,15H2,1-2H3,(H,31,35)(H,32,41)/t26-,27-/m1/s1. The molecule has 210 valence electrons. The molecule has 4 aromatic rings. The molecule has 0 radical (unpaired) electrons. The number of hydrogen-bond donors (Lipinski definition) is 2. The lowest BCUT2D eigenvalue weighted by molar-refractivity contribution is -0.384. The van der Waals surface area contributed by atoms with E-state index in [0.717, 1.165) is 5.69 Å². The number of rotatable bonds is 9. The number of amides is 1. The number of aromatic nitrogens is 1. The van der Waals surface area contributed by atoms with Crippen molar-refractivity contribution in [2.24, 2.45) is 0 Å². The SMILES string of the molecule is COCC(=O)Nc1ccc(N2C(=S)N[C@H](c3ccccn3)[C@H]2c2ccc(-c3ccc([N+](=O)[O-])cc3OC)o2)cc1Cl. The van der Waals surface area contributed by atoms with Crippen LogP contribution in [0.5, 0.6) is 5.75 Å². The van der Waals surface area contributed by atoms with Crippen LogP contribution in [0.1, 0.15) is 23.5 Å². The number of halogens is 1. The Morgan fingerprint density at radius 3 is 2.71 bits per heavy atom. The van der Waals surface area contributed by atoms with Crippen LogP contribution in [-0.4, -0.2) is 41.8 Å². The summed E-state index contributed by atoms with van der Waals surface area (Å²) in [5.74, 6) is 0.977. The lowest BCUT2D eigenvalue weighted by Gasteiger charge is -2.26. The molecule has 0 bridgehead atoms. The monoisotopic (exact) mass is 593 g/mol. The van der Waals surface area contributed by atoms with Gasteiger partial charge in [0, 0.05) is 25.1 Å². The Balaban J connectivity index is 1.55. The fourth-order valence-electron chi connectivity index (χ4n) is 4.65. The van der Waals surface area contributed by atoms with Crippen LogP contribution >= 0.6 is 23.8 Å². The summed E-state index contributed by atoms with van der Waals surface area (Å²) in [6.45, 7) is -0.105. The highest BCUT2D eigenvalue weighted by Gasteiger charge is 2.43. The molecule has 2 aromatic carbocycles. The number of hydrogen-bond acceptors (Lipinski definition) is 8. The molecule has 1 saturated heterocycles. The number of thiocarbonyl (C=S) groups is 1. The molecule has 3 heterocycles. The maximum atomic E-state index is 12.0. The van der Waals surface area contributed by atoms with Gasteiger partial charge in [-0.15, -0.1) is 0 Å². The van der Waals surface area contributed by atoms with Gasteiger partial charge in [-0.25, -0.2) is 0 Å². The molecule has 1 fully saturated rings. The molecule has 0 saturated carbocycles.